The van der Waals surface area contributed by atoms with Crippen molar-refractivity contribution in [2.24, 2.45) is 11.8 Å². The highest BCUT2D eigenvalue weighted by atomic mass is 35.5. The van der Waals surface area contributed by atoms with Crippen LogP contribution in [0.4, 0.5) is 0 Å². The van der Waals surface area contributed by atoms with Crippen LogP contribution >= 0.6 is 12.4 Å². The van der Waals surface area contributed by atoms with Crippen molar-refractivity contribution in [3.63, 3.8) is 0 Å². The minimum atomic E-state index is 0. The van der Waals surface area contributed by atoms with Crippen molar-refractivity contribution in [2.45, 2.75) is 52.5 Å². The fourth-order valence-corrected chi connectivity index (χ4v) is 2.75. The van der Waals surface area contributed by atoms with E-state index in [0.717, 1.165) is 25.9 Å². The molecule has 0 aromatic carbocycles. The molecule has 3 nitrogen and oxygen atoms in total. The van der Waals surface area contributed by atoms with Gasteiger partial charge in [0.25, 0.3) is 0 Å². The van der Waals surface area contributed by atoms with Gasteiger partial charge in [-0.05, 0) is 38.1 Å². The SMILES string of the molecule is CNC1CCCN(C(=O)CC(C)CC(C)C)C1.Cl. The lowest BCUT2D eigenvalue weighted by Crippen LogP contribution is -2.47. The predicted octanol–water partition coefficient (Wildman–Crippen LogP) is 2.69. The average Bonchev–Trinajstić information content (AvgIpc) is 2.27. The molecular formula is C14H29ClN2O. The number of hydrogen-bond donors (Lipinski definition) is 1. The van der Waals surface area contributed by atoms with E-state index in [1.165, 1.54) is 6.42 Å². The zero-order valence-corrected chi connectivity index (χ0v) is 13.1. The Labute approximate surface area is 118 Å². The number of carbonyl (C=O) groups is 1. The lowest BCUT2D eigenvalue weighted by Gasteiger charge is -2.33. The summed E-state index contributed by atoms with van der Waals surface area (Å²) in [5.41, 5.74) is 0. The number of hydrogen-bond acceptors (Lipinski definition) is 2. The molecule has 2 atom stereocenters. The first-order valence-corrected chi connectivity index (χ1v) is 6.98. The Bertz CT molecular complexity index is 246. The van der Waals surface area contributed by atoms with Gasteiger partial charge in [-0.25, -0.2) is 0 Å². The summed E-state index contributed by atoms with van der Waals surface area (Å²) < 4.78 is 0. The second-order valence-electron chi connectivity index (χ2n) is 5.91. The maximum Gasteiger partial charge on any atom is 0.222 e. The predicted molar refractivity (Wildman–Crippen MR) is 79.1 cm³/mol. The standard InChI is InChI=1S/C14H28N2O.ClH/c1-11(2)8-12(3)9-14(17)16-7-5-6-13(10-16)15-4;/h11-13,15H,5-10H2,1-4H3;1H. The van der Waals surface area contributed by atoms with E-state index >= 15 is 0 Å². The second kappa shape index (κ2) is 8.76. The molecule has 1 fully saturated rings. The van der Waals surface area contributed by atoms with Gasteiger partial charge in [-0.3, -0.25) is 4.79 Å². The second-order valence-corrected chi connectivity index (χ2v) is 5.91. The number of nitrogens with zero attached hydrogens (tertiary/aromatic N) is 1. The number of halogens is 1. The van der Waals surface area contributed by atoms with Crippen LogP contribution in [-0.4, -0.2) is 37.0 Å². The van der Waals surface area contributed by atoms with Gasteiger partial charge in [0.2, 0.25) is 5.91 Å². The fourth-order valence-electron chi connectivity index (χ4n) is 2.75. The van der Waals surface area contributed by atoms with E-state index in [1.807, 2.05) is 11.9 Å². The Balaban J connectivity index is 0.00000289. The summed E-state index contributed by atoms with van der Waals surface area (Å²) in [6.07, 6.45) is 4.20. The zero-order chi connectivity index (χ0) is 12.8. The minimum Gasteiger partial charge on any atom is -0.341 e. The molecule has 0 aliphatic carbocycles. The van der Waals surface area contributed by atoms with E-state index < -0.39 is 0 Å². The number of likely N-dealkylation sites (tertiary alicyclic amines) is 1. The van der Waals surface area contributed by atoms with Crippen molar-refractivity contribution in [3.8, 4) is 0 Å². The van der Waals surface area contributed by atoms with E-state index in [4.69, 9.17) is 0 Å². The van der Waals surface area contributed by atoms with Gasteiger partial charge in [-0.15, -0.1) is 12.4 Å². The molecule has 1 aliphatic heterocycles. The van der Waals surface area contributed by atoms with Gasteiger partial charge < -0.3 is 10.2 Å². The summed E-state index contributed by atoms with van der Waals surface area (Å²) in [4.78, 5) is 14.2. The van der Waals surface area contributed by atoms with Crippen molar-refractivity contribution in [1.29, 1.82) is 0 Å². The van der Waals surface area contributed by atoms with E-state index in [-0.39, 0.29) is 12.4 Å². The van der Waals surface area contributed by atoms with E-state index in [0.29, 0.717) is 30.2 Å². The van der Waals surface area contributed by atoms with Crippen LogP contribution in [0.25, 0.3) is 0 Å². The van der Waals surface area contributed by atoms with Gasteiger partial charge in [0.15, 0.2) is 0 Å². The first kappa shape index (κ1) is 17.7. The molecule has 18 heavy (non-hydrogen) atoms. The topological polar surface area (TPSA) is 32.3 Å². The molecule has 1 N–H and O–H groups in total. The zero-order valence-electron chi connectivity index (χ0n) is 12.2. The van der Waals surface area contributed by atoms with Gasteiger partial charge in [0, 0.05) is 25.6 Å². The smallest absolute Gasteiger partial charge is 0.222 e. The summed E-state index contributed by atoms with van der Waals surface area (Å²) in [6, 6.07) is 0.494. The molecule has 1 saturated heterocycles. The van der Waals surface area contributed by atoms with Gasteiger partial charge in [0.1, 0.15) is 0 Å². The molecule has 2 unspecified atom stereocenters. The summed E-state index contributed by atoms with van der Waals surface area (Å²) in [6.45, 7) is 8.48. The van der Waals surface area contributed by atoms with Crippen LogP contribution < -0.4 is 5.32 Å². The molecule has 1 amide bonds. The van der Waals surface area contributed by atoms with Crippen LogP contribution in [-0.2, 0) is 4.79 Å². The summed E-state index contributed by atoms with van der Waals surface area (Å²) in [7, 11) is 1.99. The lowest BCUT2D eigenvalue weighted by molar-refractivity contribution is -0.133. The highest BCUT2D eigenvalue weighted by molar-refractivity contribution is 5.85. The number of likely N-dealkylation sites (N-methyl/N-ethyl adjacent to an activating group) is 1. The molecule has 1 aliphatic rings. The average molecular weight is 277 g/mol. The third kappa shape index (κ3) is 6.05. The van der Waals surface area contributed by atoms with Gasteiger partial charge in [-0.2, -0.15) is 0 Å². The van der Waals surface area contributed by atoms with Gasteiger partial charge >= 0.3 is 0 Å². The van der Waals surface area contributed by atoms with Crippen LogP contribution in [0.1, 0.15) is 46.5 Å². The third-order valence-corrected chi connectivity index (χ3v) is 3.58. The molecule has 0 radical (unpaired) electrons. The van der Waals surface area contributed by atoms with Crippen LogP contribution in [0.5, 0.6) is 0 Å². The number of nitrogens with one attached hydrogen (secondary N) is 1. The van der Waals surface area contributed by atoms with Crippen LogP contribution in [0, 0.1) is 11.8 Å². The third-order valence-electron chi connectivity index (χ3n) is 3.58. The number of amides is 1. The summed E-state index contributed by atoms with van der Waals surface area (Å²) in [5.74, 6) is 1.54. The summed E-state index contributed by atoms with van der Waals surface area (Å²) >= 11 is 0. The van der Waals surface area contributed by atoms with Crippen LogP contribution in [0.3, 0.4) is 0 Å². The van der Waals surface area contributed by atoms with Crippen molar-refractivity contribution < 1.29 is 4.79 Å². The number of rotatable bonds is 5. The largest absolute Gasteiger partial charge is 0.341 e. The molecule has 1 heterocycles. The van der Waals surface area contributed by atoms with Crippen molar-refractivity contribution in [2.75, 3.05) is 20.1 Å². The molecule has 0 bridgehead atoms. The molecule has 108 valence electrons. The molecule has 0 saturated carbocycles. The van der Waals surface area contributed by atoms with Gasteiger partial charge in [-0.1, -0.05) is 20.8 Å². The lowest BCUT2D eigenvalue weighted by atomic mass is 9.95. The van der Waals surface area contributed by atoms with Crippen LogP contribution in [0.2, 0.25) is 0 Å². The van der Waals surface area contributed by atoms with Crippen molar-refractivity contribution >= 4 is 18.3 Å². The molecule has 1 rings (SSSR count). The van der Waals surface area contributed by atoms with Crippen molar-refractivity contribution in [1.82, 2.24) is 10.2 Å². The Morgan fingerprint density at radius 1 is 1.39 bits per heavy atom. The van der Waals surface area contributed by atoms with E-state index in [1.54, 1.807) is 0 Å². The highest BCUT2D eigenvalue weighted by Crippen LogP contribution is 2.18. The molecule has 0 aromatic rings. The minimum absolute atomic E-state index is 0. The Morgan fingerprint density at radius 3 is 2.61 bits per heavy atom. The normalized spacial score (nSPS) is 21.6. The summed E-state index contributed by atoms with van der Waals surface area (Å²) in [5, 5.41) is 3.28. The first-order chi connectivity index (χ1) is 8.02. The highest BCUT2D eigenvalue weighted by Gasteiger charge is 2.23. The van der Waals surface area contributed by atoms with E-state index in [2.05, 4.69) is 26.1 Å². The Kier molecular flexibility index (Phi) is 8.62. The van der Waals surface area contributed by atoms with Crippen LogP contribution in [0.15, 0.2) is 0 Å². The Morgan fingerprint density at radius 2 is 2.06 bits per heavy atom. The van der Waals surface area contributed by atoms with Crippen molar-refractivity contribution in [3.05, 3.63) is 0 Å². The number of piperidine rings is 1. The maximum absolute atomic E-state index is 12.1. The van der Waals surface area contributed by atoms with E-state index in [9.17, 15) is 4.79 Å². The fraction of sp³-hybridized carbons (Fsp3) is 0.929. The maximum atomic E-state index is 12.1. The quantitative estimate of drug-likeness (QED) is 0.837. The molecule has 4 heteroatoms. The number of carbonyl (C=O) groups excluding carboxylic acids is 1. The molecule has 0 aromatic heterocycles. The van der Waals surface area contributed by atoms with Gasteiger partial charge in [0.05, 0.1) is 0 Å². The molecular weight excluding hydrogens is 248 g/mol. The first-order valence-electron chi connectivity index (χ1n) is 6.98. The Hall–Kier alpha value is -0.280. The monoisotopic (exact) mass is 276 g/mol. The molecule has 0 spiro atoms.